The van der Waals surface area contributed by atoms with Crippen LogP contribution < -0.4 is 20.8 Å². The molecule has 4 rings (SSSR count). The van der Waals surface area contributed by atoms with Crippen molar-refractivity contribution in [2.75, 3.05) is 23.2 Å². The molecule has 0 aliphatic rings. The van der Waals surface area contributed by atoms with Crippen molar-refractivity contribution in [1.29, 1.82) is 0 Å². The molecule has 10 heteroatoms. The number of hydrogen-bond donors (Lipinski definition) is 3. The fourth-order valence-electron chi connectivity index (χ4n) is 3.31. The Morgan fingerprint density at radius 2 is 1.53 bits per heavy atom. The monoisotopic (exact) mass is 496 g/mol. The highest BCUT2D eigenvalue weighted by atomic mass is 35.5. The average Bonchev–Trinajstić information content (AvgIpc) is 3.19. The van der Waals surface area contributed by atoms with Crippen molar-refractivity contribution in [3.63, 3.8) is 0 Å². The zero-order valence-corrected chi connectivity index (χ0v) is 19.3. The lowest BCUT2D eigenvalue weighted by Crippen LogP contribution is -2.36. The Labute approximate surface area is 204 Å². The molecule has 172 valence electrons. The van der Waals surface area contributed by atoms with Crippen LogP contribution in [0, 0.1) is 0 Å². The molecule has 0 bridgehead atoms. The summed E-state index contributed by atoms with van der Waals surface area (Å²) in [6.07, 6.45) is 0. The Morgan fingerprint density at radius 1 is 0.794 bits per heavy atom. The number of hydrogen-bond acceptors (Lipinski definition) is 4. The van der Waals surface area contributed by atoms with Gasteiger partial charge in [0, 0.05) is 26.8 Å². The van der Waals surface area contributed by atoms with Crippen LogP contribution in [0.2, 0.25) is 10.0 Å². The van der Waals surface area contributed by atoms with Gasteiger partial charge in [0.25, 0.3) is 5.91 Å². The SMILES string of the molecule is COc1cccc2cc(C(=O)Nc3ccc(Cl)cc3)n(NC(=O)C(=O)Nc3cccc(Cl)c3)c12. The number of nitrogens with one attached hydrogen (secondary N) is 3. The molecule has 0 aliphatic carbocycles. The molecule has 1 aromatic heterocycles. The molecule has 1 heterocycles. The summed E-state index contributed by atoms with van der Waals surface area (Å²) in [5.74, 6) is -2.05. The molecule has 3 N–H and O–H groups in total. The fourth-order valence-corrected chi connectivity index (χ4v) is 3.63. The molecule has 0 saturated heterocycles. The number of aromatic nitrogens is 1. The van der Waals surface area contributed by atoms with Gasteiger partial charge in [0.05, 0.1) is 7.11 Å². The number of methoxy groups -OCH3 is 1. The minimum Gasteiger partial charge on any atom is -0.494 e. The van der Waals surface area contributed by atoms with Gasteiger partial charge in [-0.05, 0) is 54.6 Å². The second kappa shape index (κ2) is 9.86. The van der Waals surface area contributed by atoms with Crippen molar-refractivity contribution in [3.8, 4) is 5.75 Å². The third-order valence-electron chi connectivity index (χ3n) is 4.84. The van der Waals surface area contributed by atoms with Crippen LogP contribution in [0.5, 0.6) is 5.75 Å². The zero-order chi connectivity index (χ0) is 24.2. The molecule has 4 aromatic rings. The van der Waals surface area contributed by atoms with Crippen LogP contribution in [0.15, 0.2) is 72.8 Å². The van der Waals surface area contributed by atoms with Gasteiger partial charge in [-0.2, -0.15) is 0 Å². The first kappa shape index (κ1) is 23.2. The molecule has 0 aliphatic heterocycles. The number of benzene rings is 3. The topological polar surface area (TPSA) is 101 Å². The number of carbonyl (C=O) groups is 3. The average molecular weight is 497 g/mol. The van der Waals surface area contributed by atoms with Crippen molar-refractivity contribution in [2.24, 2.45) is 0 Å². The molecule has 0 spiro atoms. The Morgan fingerprint density at radius 3 is 2.24 bits per heavy atom. The predicted octanol–water partition coefficient (Wildman–Crippen LogP) is 4.92. The highest BCUT2D eigenvalue weighted by molar-refractivity contribution is 6.42. The molecule has 0 saturated carbocycles. The van der Waals surface area contributed by atoms with Gasteiger partial charge in [-0.3, -0.25) is 19.8 Å². The lowest BCUT2D eigenvalue weighted by Gasteiger charge is -2.14. The van der Waals surface area contributed by atoms with E-state index in [9.17, 15) is 14.4 Å². The van der Waals surface area contributed by atoms with Crippen molar-refractivity contribution in [1.82, 2.24) is 4.68 Å². The molecule has 0 radical (unpaired) electrons. The summed E-state index contributed by atoms with van der Waals surface area (Å²) in [7, 11) is 1.47. The minimum absolute atomic E-state index is 0.0818. The lowest BCUT2D eigenvalue weighted by molar-refractivity contribution is -0.133. The number of halogens is 2. The third kappa shape index (κ3) is 4.98. The van der Waals surface area contributed by atoms with Crippen LogP contribution in [0.1, 0.15) is 10.5 Å². The summed E-state index contributed by atoms with van der Waals surface area (Å²) in [5.41, 5.74) is 3.84. The predicted molar refractivity (Wildman–Crippen MR) is 132 cm³/mol. The van der Waals surface area contributed by atoms with E-state index in [1.165, 1.54) is 17.9 Å². The second-order valence-electron chi connectivity index (χ2n) is 7.13. The van der Waals surface area contributed by atoms with Gasteiger partial charge in [0.15, 0.2) is 0 Å². The van der Waals surface area contributed by atoms with Gasteiger partial charge in [-0.15, -0.1) is 0 Å². The first-order valence-electron chi connectivity index (χ1n) is 9.99. The normalized spacial score (nSPS) is 10.6. The number of fused-ring (bicyclic) bond motifs is 1. The summed E-state index contributed by atoms with van der Waals surface area (Å²) in [5, 5.41) is 6.77. The summed E-state index contributed by atoms with van der Waals surface area (Å²) >= 11 is 11.8. The van der Waals surface area contributed by atoms with Gasteiger partial charge in [0.2, 0.25) is 0 Å². The molecule has 0 atom stereocenters. The van der Waals surface area contributed by atoms with E-state index in [1.54, 1.807) is 66.7 Å². The van der Waals surface area contributed by atoms with Gasteiger partial charge in [-0.25, -0.2) is 4.68 Å². The van der Waals surface area contributed by atoms with Gasteiger partial charge < -0.3 is 15.4 Å². The van der Waals surface area contributed by atoms with Crippen LogP contribution in [0.25, 0.3) is 10.9 Å². The van der Waals surface area contributed by atoms with Gasteiger partial charge in [0.1, 0.15) is 17.0 Å². The largest absolute Gasteiger partial charge is 0.494 e. The standard InChI is InChI=1S/C24H18Cl2N4O4/c1-34-20-7-2-4-14-12-19(22(31)27-17-10-8-15(25)9-11-17)30(21(14)20)29-24(33)23(32)28-18-6-3-5-16(26)13-18/h2-13H,1H3,(H,27,31)(H,28,32)(H,29,33). The molecule has 8 nitrogen and oxygen atoms in total. The number of ether oxygens (including phenoxy) is 1. The number of nitrogens with zero attached hydrogens (tertiary/aromatic N) is 1. The first-order chi connectivity index (χ1) is 16.4. The fraction of sp³-hybridized carbons (Fsp3) is 0.0417. The lowest BCUT2D eigenvalue weighted by atomic mass is 10.2. The third-order valence-corrected chi connectivity index (χ3v) is 5.33. The number of carbonyl (C=O) groups excluding carboxylic acids is 3. The summed E-state index contributed by atoms with van der Waals surface area (Å²) in [6, 6.07) is 19.7. The zero-order valence-electron chi connectivity index (χ0n) is 17.8. The molecule has 34 heavy (non-hydrogen) atoms. The maximum Gasteiger partial charge on any atom is 0.328 e. The van der Waals surface area contributed by atoms with Crippen LogP contribution in [-0.4, -0.2) is 29.5 Å². The smallest absolute Gasteiger partial charge is 0.328 e. The van der Waals surface area contributed by atoms with Crippen LogP contribution >= 0.6 is 23.2 Å². The quantitative estimate of drug-likeness (QED) is 0.341. The van der Waals surface area contributed by atoms with Gasteiger partial charge in [-0.1, -0.05) is 41.4 Å². The first-order valence-corrected chi connectivity index (χ1v) is 10.7. The molecule has 0 unspecified atom stereocenters. The van der Waals surface area contributed by atoms with E-state index in [2.05, 4.69) is 16.1 Å². The van der Waals surface area contributed by atoms with Crippen molar-refractivity contribution >= 4 is 63.2 Å². The molecular weight excluding hydrogens is 479 g/mol. The summed E-state index contributed by atoms with van der Waals surface area (Å²) < 4.78 is 6.63. The van der Waals surface area contributed by atoms with E-state index in [4.69, 9.17) is 27.9 Å². The minimum atomic E-state index is -0.996. The van der Waals surface area contributed by atoms with Crippen LogP contribution in [0.4, 0.5) is 11.4 Å². The number of para-hydroxylation sites is 1. The summed E-state index contributed by atoms with van der Waals surface area (Å²) in [6.45, 7) is 0. The Hall–Kier alpha value is -4.01. The van der Waals surface area contributed by atoms with E-state index in [0.29, 0.717) is 38.1 Å². The maximum atomic E-state index is 13.1. The Bertz CT molecular complexity index is 1400. The van der Waals surface area contributed by atoms with Crippen LogP contribution in [0.3, 0.4) is 0 Å². The highest BCUT2D eigenvalue weighted by Crippen LogP contribution is 2.29. The van der Waals surface area contributed by atoms with Gasteiger partial charge >= 0.3 is 11.8 Å². The highest BCUT2D eigenvalue weighted by Gasteiger charge is 2.23. The van der Waals surface area contributed by atoms with Crippen molar-refractivity contribution < 1.29 is 19.1 Å². The van der Waals surface area contributed by atoms with E-state index in [0.717, 1.165) is 0 Å². The van der Waals surface area contributed by atoms with E-state index in [1.807, 2.05) is 0 Å². The van der Waals surface area contributed by atoms with Crippen molar-refractivity contribution in [2.45, 2.75) is 0 Å². The van der Waals surface area contributed by atoms with Crippen LogP contribution in [-0.2, 0) is 9.59 Å². The number of amides is 3. The number of anilines is 2. The van der Waals surface area contributed by atoms with E-state index >= 15 is 0 Å². The molecular formula is C24H18Cl2N4O4. The molecule has 0 fully saturated rings. The maximum absolute atomic E-state index is 13.1. The molecule has 3 amide bonds. The van der Waals surface area contributed by atoms with E-state index < -0.39 is 17.7 Å². The second-order valence-corrected chi connectivity index (χ2v) is 8.00. The Balaban J connectivity index is 1.66. The molecule has 3 aromatic carbocycles. The van der Waals surface area contributed by atoms with Crippen molar-refractivity contribution in [3.05, 3.63) is 88.5 Å². The Kier molecular flexibility index (Phi) is 6.72. The van der Waals surface area contributed by atoms with E-state index in [-0.39, 0.29) is 5.69 Å². The number of rotatable bonds is 5. The summed E-state index contributed by atoms with van der Waals surface area (Å²) in [4.78, 5) is 38.4.